The Balaban J connectivity index is 1.38. The summed E-state index contributed by atoms with van der Waals surface area (Å²) in [6.07, 6.45) is 3.02. The van der Waals surface area contributed by atoms with Gasteiger partial charge in [-0.3, -0.25) is 14.6 Å². The van der Waals surface area contributed by atoms with E-state index in [1.165, 1.54) is 12.1 Å². The lowest BCUT2D eigenvalue weighted by Crippen LogP contribution is -2.36. The Hall–Kier alpha value is -4.70. The normalized spacial score (nSPS) is 10.9. The number of anilines is 1. The van der Waals surface area contributed by atoms with E-state index in [0.717, 1.165) is 37.7 Å². The molecule has 0 aliphatic carbocycles. The van der Waals surface area contributed by atoms with Gasteiger partial charge in [0.1, 0.15) is 5.75 Å². The summed E-state index contributed by atoms with van der Waals surface area (Å²) in [6, 6.07) is 18.7. The highest BCUT2D eigenvalue weighted by Gasteiger charge is 2.17. The van der Waals surface area contributed by atoms with E-state index >= 15 is 4.39 Å². The first-order valence-electron chi connectivity index (χ1n) is 14.3. The molecule has 43 heavy (non-hydrogen) atoms. The van der Waals surface area contributed by atoms with Crippen molar-refractivity contribution in [3.05, 3.63) is 84.3 Å². The third-order valence-corrected chi connectivity index (χ3v) is 6.92. The van der Waals surface area contributed by atoms with Gasteiger partial charge in [-0.1, -0.05) is 44.2 Å². The molecule has 2 amide bonds. The van der Waals surface area contributed by atoms with Crippen LogP contribution in [-0.2, 0) is 16.0 Å². The Kier molecular flexibility index (Phi) is 11.3. The molecule has 1 aromatic heterocycles. The van der Waals surface area contributed by atoms with Crippen LogP contribution in [0.15, 0.2) is 72.9 Å². The van der Waals surface area contributed by atoms with Gasteiger partial charge >= 0.3 is 11.8 Å². The number of aromatic nitrogens is 1. The van der Waals surface area contributed by atoms with Crippen molar-refractivity contribution in [2.75, 3.05) is 45.2 Å². The van der Waals surface area contributed by atoms with Crippen LogP contribution in [0.4, 0.5) is 10.1 Å². The molecule has 3 aromatic carbocycles. The summed E-state index contributed by atoms with van der Waals surface area (Å²) in [5.41, 5.74) is 1.76. The van der Waals surface area contributed by atoms with Gasteiger partial charge in [0.25, 0.3) is 0 Å². The molecule has 0 aliphatic rings. The van der Waals surface area contributed by atoms with Gasteiger partial charge in [0.15, 0.2) is 23.1 Å². The van der Waals surface area contributed by atoms with Crippen molar-refractivity contribution in [3.63, 3.8) is 0 Å². The second-order valence-corrected chi connectivity index (χ2v) is 9.75. The maximum absolute atomic E-state index is 15.0. The van der Waals surface area contributed by atoms with Crippen LogP contribution in [0.2, 0.25) is 0 Å². The molecule has 0 spiro atoms. The van der Waals surface area contributed by atoms with Gasteiger partial charge in [0.05, 0.1) is 19.2 Å². The van der Waals surface area contributed by atoms with Gasteiger partial charge in [0.2, 0.25) is 0 Å². The number of nitrogens with zero attached hydrogens (tertiary/aromatic N) is 2. The minimum atomic E-state index is -0.889. The lowest BCUT2D eigenvalue weighted by molar-refractivity contribution is -0.136. The fourth-order valence-corrected chi connectivity index (χ4v) is 4.51. The number of fused-ring (bicyclic) bond motifs is 1. The number of nitrogens with one attached hydrogen (secondary N) is 2. The summed E-state index contributed by atoms with van der Waals surface area (Å²) in [6.45, 7) is 8.02. The molecule has 1 heterocycles. The molecule has 0 saturated heterocycles. The number of hydrogen-bond acceptors (Lipinski definition) is 7. The molecule has 0 saturated carbocycles. The summed E-state index contributed by atoms with van der Waals surface area (Å²) in [5, 5.41) is 5.59. The van der Waals surface area contributed by atoms with E-state index < -0.39 is 17.6 Å². The molecule has 2 N–H and O–H groups in total. The predicted octanol–water partition coefficient (Wildman–Crippen LogP) is 5.58. The smallest absolute Gasteiger partial charge is 0.313 e. The van der Waals surface area contributed by atoms with Gasteiger partial charge in [-0.05, 0) is 55.8 Å². The fourth-order valence-electron chi connectivity index (χ4n) is 4.51. The lowest BCUT2D eigenvalue weighted by atomic mass is 10.1. The molecule has 0 unspecified atom stereocenters. The van der Waals surface area contributed by atoms with Gasteiger partial charge in [-0.2, -0.15) is 0 Å². The number of methoxy groups -OCH3 is 1. The number of carbonyl (C=O) groups excluding carboxylic acids is 2. The van der Waals surface area contributed by atoms with Gasteiger partial charge < -0.3 is 29.7 Å². The summed E-state index contributed by atoms with van der Waals surface area (Å²) < 4.78 is 32.5. The van der Waals surface area contributed by atoms with Crippen LogP contribution < -0.4 is 24.8 Å². The van der Waals surface area contributed by atoms with Crippen LogP contribution >= 0.6 is 0 Å². The van der Waals surface area contributed by atoms with Crippen LogP contribution in [0, 0.1) is 5.82 Å². The monoisotopic (exact) mass is 588 g/mol. The number of pyridine rings is 1. The van der Waals surface area contributed by atoms with E-state index in [1.807, 2.05) is 30.3 Å². The molecule has 0 bridgehead atoms. The van der Waals surface area contributed by atoms with E-state index in [9.17, 15) is 9.59 Å². The standard InChI is InChI=1S/C33H37FN4O5/c1-4-38(5-2)18-9-19-42-31-22-27-25(21-30(31)41-3)28(15-17-35-27)43-29-13-12-24(20-26(29)34)37-33(40)32(39)36-16-14-23-10-7-6-8-11-23/h6-8,10-13,15,17,20-22H,4-5,9,14,16,18-19H2,1-3H3,(H,36,39)(H,37,40). The van der Waals surface area contributed by atoms with E-state index in [4.69, 9.17) is 14.2 Å². The Bertz CT molecular complexity index is 1530. The number of ether oxygens (including phenoxy) is 3. The summed E-state index contributed by atoms with van der Waals surface area (Å²) in [5.74, 6) is -1.03. The predicted molar refractivity (Wildman–Crippen MR) is 164 cm³/mol. The maximum Gasteiger partial charge on any atom is 0.313 e. The first-order valence-corrected chi connectivity index (χ1v) is 14.3. The first-order chi connectivity index (χ1) is 20.9. The lowest BCUT2D eigenvalue weighted by Gasteiger charge is -2.18. The molecular formula is C33H37FN4O5. The molecular weight excluding hydrogens is 551 g/mol. The zero-order valence-electron chi connectivity index (χ0n) is 24.7. The average molecular weight is 589 g/mol. The first kappa shape index (κ1) is 31.2. The third-order valence-electron chi connectivity index (χ3n) is 6.92. The zero-order chi connectivity index (χ0) is 30.6. The SMILES string of the molecule is CCN(CC)CCCOc1cc2nccc(Oc3ccc(NC(=O)C(=O)NCCc4ccccc4)cc3F)c2cc1OC. The minimum Gasteiger partial charge on any atom is -0.493 e. The van der Waals surface area contributed by atoms with Crippen molar-refractivity contribution in [2.24, 2.45) is 0 Å². The average Bonchev–Trinajstić information content (AvgIpc) is 3.02. The number of benzene rings is 3. The molecule has 9 nitrogen and oxygen atoms in total. The maximum atomic E-state index is 15.0. The Morgan fingerprint density at radius 2 is 1.70 bits per heavy atom. The minimum absolute atomic E-state index is 0.0616. The van der Waals surface area contributed by atoms with Crippen molar-refractivity contribution >= 4 is 28.4 Å². The second-order valence-electron chi connectivity index (χ2n) is 9.75. The van der Waals surface area contributed by atoms with Gasteiger partial charge in [0, 0.05) is 42.5 Å². The third kappa shape index (κ3) is 8.65. The largest absolute Gasteiger partial charge is 0.493 e. The molecule has 4 aromatic rings. The molecule has 10 heteroatoms. The quantitative estimate of drug-likeness (QED) is 0.146. The highest BCUT2D eigenvalue weighted by molar-refractivity contribution is 6.39. The van der Waals surface area contributed by atoms with Crippen molar-refractivity contribution in [3.8, 4) is 23.0 Å². The van der Waals surface area contributed by atoms with Crippen LogP contribution in [-0.4, -0.2) is 61.6 Å². The van der Waals surface area contributed by atoms with Crippen molar-refractivity contribution in [1.82, 2.24) is 15.2 Å². The second kappa shape index (κ2) is 15.5. The summed E-state index contributed by atoms with van der Waals surface area (Å²) in [4.78, 5) is 31.3. The van der Waals surface area contributed by atoms with Crippen LogP contribution in [0.3, 0.4) is 0 Å². The van der Waals surface area contributed by atoms with Crippen LogP contribution in [0.5, 0.6) is 23.0 Å². The topological polar surface area (TPSA) is 102 Å². The molecule has 226 valence electrons. The van der Waals surface area contributed by atoms with E-state index in [2.05, 4.69) is 34.4 Å². The number of carbonyl (C=O) groups is 2. The molecule has 0 aliphatic heterocycles. The van der Waals surface area contributed by atoms with E-state index in [1.54, 1.807) is 31.5 Å². The Morgan fingerprint density at radius 1 is 0.907 bits per heavy atom. The molecule has 4 rings (SSSR count). The Labute approximate surface area is 251 Å². The Morgan fingerprint density at radius 3 is 2.42 bits per heavy atom. The van der Waals surface area contributed by atoms with Gasteiger partial charge in [-0.15, -0.1) is 0 Å². The zero-order valence-corrected chi connectivity index (χ0v) is 24.7. The number of hydrogen-bond donors (Lipinski definition) is 2. The number of amides is 2. The van der Waals surface area contributed by atoms with Gasteiger partial charge in [-0.25, -0.2) is 4.39 Å². The summed E-state index contributed by atoms with van der Waals surface area (Å²) >= 11 is 0. The van der Waals surface area contributed by atoms with E-state index in [0.29, 0.717) is 47.7 Å². The fraction of sp³-hybridized carbons (Fsp3) is 0.303. The molecule has 0 fully saturated rings. The molecule has 0 atom stereocenters. The van der Waals surface area contributed by atoms with Crippen molar-refractivity contribution in [2.45, 2.75) is 26.7 Å². The van der Waals surface area contributed by atoms with Crippen molar-refractivity contribution < 1.29 is 28.2 Å². The highest BCUT2D eigenvalue weighted by Crippen LogP contribution is 2.37. The highest BCUT2D eigenvalue weighted by atomic mass is 19.1. The molecule has 0 radical (unpaired) electrons. The van der Waals surface area contributed by atoms with Crippen molar-refractivity contribution in [1.29, 1.82) is 0 Å². The number of rotatable bonds is 14. The number of halogens is 1. The van der Waals surface area contributed by atoms with Crippen LogP contribution in [0.25, 0.3) is 10.9 Å². The van der Waals surface area contributed by atoms with Crippen LogP contribution in [0.1, 0.15) is 25.8 Å². The summed E-state index contributed by atoms with van der Waals surface area (Å²) in [7, 11) is 1.55. The van der Waals surface area contributed by atoms with E-state index in [-0.39, 0.29) is 11.4 Å².